The topological polar surface area (TPSA) is 75.6 Å². The minimum absolute atomic E-state index is 0.0274. The highest BCUT2D eigenvalue weighted by atomic mass is 16.5. The molecule has 0 saturated heterocycles. The van der Waals surface area contributed by atoms with Crippen molar-refractivity contribution in [2.75, 3.05) is 7.11 Å². The van der Waals surface area contributed by atoms with Crippen LogP contribution in [0.1, 0.15) is 42.7 Å². The fraction of sp³-hybridized carbons (Fsp3) is 0.250. The predicted octanol–water partition coefficient (Wildman–Crippen LogP) is 3.93. The number of rotatable bonds is 3. The first-order valence-corrected chi connectivity index (χ1v) is 9.65. The lowest BCUT2D eigenvalue weighted by atomic mass is 9.72. The highest BCUT2D eigenvalue weighted by Crippen LogP contribution is 2.45. The van der Waals surface area contributed by atoms with Gasteiger partial charge in [-0.05, 0) is 42.5 Å². The van der Waals surface area contributed by atoms with Crippen molar-refractivity contribution in [3.63, 3.8) is 0 Å². The summed E-state index contributed by atoms with van der Waals surface area (Å²) in [6, 6.07) is 16.7. The predicted molar refractivity (Wildman–Crippen MR) is 109 cm³/mol. The van der Waals surface area contributed by atoms with Crippen LogP contribution in [0.2, 0.25) is 0 Å². The van der Waals surface area contributed by atoms with Crippen LogP contribution in [0, 0.1) is 0 Å². The van der Waals surface area contributed by atoms with E-state index in [4.69, 9.17) is 4.74 Å². The van der Waals surface area contributed by atoms with Gasteiger partial charge in [-0.2, -0.15) is 0 Å². The molecule has 0 unspecified atom stereocenters. The minimum Gasteiger partial charge on any atom is -0.508 e. The Morgan fingerprint density at radius 1 is 1.03 bits per heavy atom. The molecule has 1 heterocycles. The Bertz CT molecular complexity index is 1020. The number of ketones is 1. The summed E-state index contributed by atoms with van der Waals surface area (Å²) in [5.74, 6) is -0.708. The normalized spacial score (nSPS) is 21.5. The number of nitrogens with one attached hydrogen (secondary N) is 1. The number of aromatic hydroxyl groups is 1. The molecule has 2 N–H and O–H groups in total. The van der Waals surface area contributed by atoms with Gasteiger partial charge < -0.3 is 15.2 Å². The standard InChI is InChI=1S/C24H23NO4/c1-14-21(24(28)29-2)22(16-8-10-18(26)11-9-16)23-19(25-14)12-17(13-20(23)27)15-6-4-3-5-7-15/h3-11,17,22,25-26H,12-13H2,1-2H3/t17-,22-/m1/s1. The molecular formula is C24H23NO4. The van der Waals surface area contributed by atoms with Crippen LogP contribution in [0.15, 0.2) is 77.1 Å². The van der Waals surface area contributed by atoms with Crippen molar-refractivity contribution in [3.05, 3.63) is 88.3 Å². The summed E-state index contributed by atoms with van der Waals surface area (Å²) in [7, 11) is 1.34. The molecule has 148 valence electrons. The lowest BCUT2D eigenvalue weighted by molar-refractivity contribution is -0.136. The van der Waals surface area contributed by atoms with E-state index in [0.29, 0.717) is 29.7 Å². The van der Waals surface area contributed by atoms with Gasteiger partial charge in [0.1, 0.15) is 5.75 Å². The summed E-state index contributed by atoms with van der Waals surface area (Å²) >= 11 is 0. The molecule has 5 nitrogen and oxygen atoms in total. The number of allylic oxidation sites excluding steroid dienone is 3. The highest BCUT2D eigenvalue weighted by molar-refractivity contribution is 6.04. The zero-order chi connectivity index (χ0) is 20.5. The van der Waals surface area contributed by atoms with Crippen molar-refractivity contribution >= 4 is 11.8 Å². The van der Waals surface area contributed by atoms with E-state index in [2.05, 4.69) is 5.32 Å². The van der Waals surface area contributed by atoms with Gasteiger partial charge in [0.25, 0.3) is 0 Å². The number of methoxy groups -OCH3 is 1. The van der Waals surface area contributed by atoms with E-state index in [1.54, 1.807) is 24.3 Å². The van der Waals surface area contributed by atoms with Gasteiger partial charge in [0.05, 0.1) is 12.7 Å². The van der Waals surface area contributed by atoms with Gasteiger partial charge in [-0.15, -0.1) is 0 Å². The number of dihydropyridines is 1. The van der Waals surface area contributed by atoms with Crippen LogP contribution < -0.4 is 5.32 Å². The Morgan fingerprint density at radius 2 is 1.72 bits per heavy atom. The molecule has 2 aliphatic rings. The monoisotopic (exact) mass is 389 g/mol. The van der Waals surface area contributed by atoms with Crippen LogP contribution in [0.25, 0.3) is 0 Å². The highest BCUT2D eigenvalue weighted by Gasteiger charge is 2.41. The molecule has 29 heavy (non-hydrogen) atoms. The molecule has 0 aromatic heterocycles. The fourth-order valence-electron chi connectivity index (χ4n) is 4.38. The minimum atomic E-state index is -0.511. The first-order chi connectivity index (χ1) is 14.0. The SMILES string of the molecule is COC(=O)C1=C(C)NC2=C(C(=O)C[C@H](c3ccccc3)C2)[C@@H]1c1ccc(O)cc1. The summed E-state index contributed by atoms with van der Waals surface area (Å²) in [5.41, 5.74) is 4.52. The molecule has 2 aromatic carbocycles. The number of benzene rings is 2. The molecule has 1 aliphatic heterocycles. The number of phenolic OH excluding ortho intramolecular Hbond substituents is 1. The molecule has 0 radical (unpaired) electrons. The average molecular weight is 389 g/mol. The lowest BCUT2D eigenvalue weighted by Crippen LogP contribution is -2.36. The van der Waals surface area contributed by atoms with Crippen LogP contribution in [-0.4, -0.2) is 24.0 Å². The fourth-order valence-corrected chi connectivity index (χ4v) is 4.38. The van der Waals surface area contributed by atoms with E-state index in [1.807, 2.05) is 37.3 Å². The van der Waals surface area contributed by atoms with Crippen molar-refractivity contribution in [1.82, 2.24) is 5.32 Å². The summed E-state index contributed by atoms with van der Waals surface area (Å²) in [4.78, 5) is 25.9. The molecule has 0 bridgehead atoms. The summed E-state index contributed by atoms with van der Waals surface area (Å²) in [6.45, 7) is 1.83. The average Bonchev–Trinajstić information content (AvgIpc) is 2.73. The smallest absolute Gasteiger partial charge is 0.336 e. The Kier molecular flexibility index (Phi) is 4.97. The van der Waals surface area contributed by atoms with Gasteiger partial charge in [0.15, 0.2) is 5.78 Å². The molecule has 2 atom stereocenters. The maximum atomic E-state index is 13.3. The third-order valence-electron chi connectivity index (χ3n) is 5.73. The molecule has 1 aliphatic carbocycles. The van der Waals surface area contributed by atoms with Crippen molar-refractivity contribution in [1.29, 1.82) is 0 Å². The lowest BCUT2D eigenvalue weighted by Gasteiger charge is -2.36. The Balaban J connectivity index is 1.81. The maximum Gasteiger partial charge on any atom is 0.336 e. The number of carbonyl (C=O) groups excluding carboxylic acids is 2. The van der Waals surface area contributed by atoms with Gasteiger partial charge in [-0.3, -0.25) is 4.79 Å². The van der Waals surface area contributed by atoms with Gasteiger partial charge in [-0.25, -0.2) is 4.79 Å². The summed E-state index contributed by atoms with van der Waals surface area (Å²) in [5, 5.41) is 13.0. The largest absolute Gasteiger partial charge is 0.508 e. The molecule has 0 fully saturated rings. The Hall–Kier alpha value is -3.34. The van der Waals surface area contributed by atoms with Gasteiger partial charge >= 0.3 is 5.97 Å². The quantitative estimate of drug-likeness (QED) is 0.778. The van der Waals surface area contributed by atoms with E-state index >= 15 is 0 Å². The molecular weight excluding hydrogens is 366 g/mol. The molecule has 5 heteroatoms. The third-order valence-corrected chi connectivity index (χ3v) is 5.73. The summed E-state index contributed by atoms with van der Waals surface area (Å²) < 4.78 is 5.02. The number of esters is 1. The Labute approximate surface area is 169 Å². The molecule has 0 saturated carbocycles. The van der Waals surface area contributed by atoms with Crippen molar-refractivity contribution in [2.24, 2.45) is 0 Å². The first-order valence-electron chi connectivity index (χ1n) is 9.65. The number of hydrogen-bond acceptors (Lipinski definition) is 5. The Morgan fingerprint density at radius 3 is 2.38 bits per heavy atom. The van der Waals surface area contributed by atoms with Crippen LogP contribution in [0.4, 0.5) is 0 Å². The second-order valence-corrected chi connectivity index (χ2v) is 7.51. The first kappa shape index (κ1) is 19.0. The molecule has 2 aromatic rings. The zero-order valence-electron chi connectivity index (χ0n) is 16.4. The van der Waals surface area contributed by atoms with Crippen molar-refractivity contribution < 1.29 is 19.4 Å². The van der Waals surface area contributed by atoms with E-state index in [-0.39, 0.29) is 17.5 Å². The van der Waals surface area contributed by atoms with Crippen LogP contribution in [-0.2, 0) is 14.3 Å². The van der Waals surface area contributed by atoms with E-state index in [1.165, 1.54) is 7.11 Å². The molecule has 0 spiro atoms. The van der Waals surface area contributed by atoms with Gasteiger partial charge in [-0.1, -0.05) is 42.5 Å². The molecule has 0 amide bonds. The number of hydrogen-bond donors (Lipinski definition) is 2. The van der Waals surface area contributed by atoms with E-state index in [9.17, 15) is 14.7 Å². The second-order valence-electron chi connectivity index (χ2n) is 7.51. The maximum absolute atomic E-state index is 13.3. The number of phenols is 1. The van der Waals surface area contributed by atoms with Gasteiger partial charge in [0.2, 0.25) is 0 Å². The van der Waals surface area contributed by atoms with Crippen molar-refractivity contribution in [2.45, 2.75) is 31.6 Å². The van der Waals surface area contributed by atoms with Crippen LogP contribution in [0.3, 0.4) is 0 Å². The number of ether oxygens (including phenoxy) is 1. The third kappa shape index (κ3) is 3.44. The molecule has 4 rings (SSSR count). The number of Topliss-reactive ketones (excluding diaryl/α,β-unsaturated/α-hetero) is 1. The van der Waals surface area contributed by atoms with Crippen molar-refractivity contribution in [3.8, 4) is 5.75 Å². The van der Waals surface area contributed by atoms with Crippen LogP contribution in [0.5, 0.6) is 5.75 Å². The second kappa shape index (κ2) is 7.59. The van der Waals surface area contributed by atoms with E-state index < -0.39 is 11.9 Å². The van der Waals surface area contributed by atoms with Gasteiger partial charge in [0, 0.05) is 29.3 Å². The van der Waals surface area contributed by atoms with E-state index in [0.717, 1.165) is 16.8 Å². The number of carbonyl (C=O) groups is 2. The zero-order valence-corrected chi connectivity index (χ0v) is 16.4. The van der Waals surface area contributed by atoms with Crippen LogP contribution >= 0.6 is 0 Å². The summed E-state index contributed by atoms with van der Waals surface area (Å²) in [6.07, 6.45) is 1.10.